The third kappa shape index (κ3) is 1.75. The van der Waals surface area contributed by atoms with Gasteiger partial charge in [-0.1, -0.05) is 36.3 Å². The van der Waals surface area contributed by atoms with Gasteiger partial charge in [0.15, 0.2) is 5.72 Å². The van der Waals surface area contributed by atoms with Crippen LogP contribution in [0.2, 0.25) is 0 Å². The lowest BCUT2D eigenvalue weighted by Gasteiger charge is -2.38. The van der Waals surface area contributed by atoms with E-state index in [1.54, 1.807) is 0 Å². The summed E-state index contributed by atoms with van der Waals surface area (Å²) < 4.78 is 78.6. The summed E-state index contributed by atoms with van der Waals surface area (Å²) in [6.07, 6.45) is -1.27. The van der Waals surface area contributed by atoms with Crippen molar-refractivity contribution < 1.29 is 30.7 Å². The molecule has 1 fully saturated rings. The Labute approximate surface area is 199 Å². The minimum atomic E-state index is -1.97. The number of rotatable bonds is 1. The lowest BCUT2D eigenvalue weighted by molar-refractivity contribution is -0.189. The fourth-order valence-corrected chi connectivity index (χ4v) is 6.19. The van der Waals surface area contributed by atoms with Crippen LogP contribution < -0.4 is 5.32 Å². The molecule has 8 rings (SSSR count). The molecule has 1 saturated heterocycles. The van der Waals surface area contributed by atoms with Crippen LogP contribution in [-0.4, -0.2) is 37.5 Å². The van der Waals surface area contributed by atoms with Crippen LogP contribution in [0.5, 0.6) is 0 Å². The minimum Gasteiger partial charge on any atom is -0.393 e. The number of aromatic nitrogens is 2. The van der Waals surface area contributed by atoms with Crippen LogP contribution in [0.15, 0.2) is 48.3 Å². The third-order valence-corrected chi connectivity index (χ3v) is 7.69. The highest BCUT2D eigenvalue weighted by molar-refractivity contribution is 6.31. The van der Waals surface area contributed by atoms with Gasteiger partial charge in [0.2, 0.25) is 0 Å². The summed E-state index contributed by atoms with van der Waals surface area (Å²) in [6, 6.07) is -3.50. The molecule has 3 aromatic carbocycles. The molecule has 3 aliphatic rings. The predicted octanol–water partition coefficient (Wildman–Crippen LogP) is 3.47. The molecule has 0 spiro atoms. The number of amides is 1. The van der Waals surface area contributed by atoms with Crippen molar-refractivity contribution in [2.24, 2.45) is 0 Å². The number of nitrogens with zero attached hydrogens (tertiary/aromatic N) is 2. The van der Waals surface area contributed by atoms with Gasteiger partial charge in [0.05, 0.1) is 45.2 Å². The summed E-state index contributed by atoms with van der Waals surface area (Å²) in [7, 11) is 0. The maximum absolute atomic E-state index is 13.4. The highest BCUT2D eigenvalue weighted by atomic mass is 16.6. The molecule has 33 heavy (non-hydrogen) atoms. The first kappa shape index (κ1) is 12.2. The quantitative estimate of drug-likeness (QED) is 0.367. The largest absolute Gasteiger partial charge is 0.393 e. The molecule has 3 atom stereocenters. The first-order chi connectivity index (χ1) is 19.3. The van der Waals surface area contributed by atoms with Crippen LogP contribution in [0.1, 0.15) is 46.5 Å². The lowest BCUT2D eigenvalue weighted by atomic mass is 9.89. The normalized spacial score (nSPS) is 31.2. The Bertz CT molecular complexity index is 2160. The second kappa shape index (κ2) is 5.39. The summed E-state index contributed by atoms with van der Waals surface area (Å²) in [5, 5.41) is 26.0. The number of fused-ring (bicyclic) bond motifs is 13. The molecule has 2 bridgehead atoms. The summed E-state index contributed by atoms with van der Waals surface area (Å²) in [5.41, 5.74) is -2.55. The predicted molar refractivity (Wildman–Crippen MR) is 124 cm³/mol. The highest BCUT2D eigenvalue weighted by Crippen LogP contribution is 2.57. The van der Waals surface area contributed by atoms with Gasteiger partial charge in [0.1, 0.15) is 11.8 Å². The maximum atomic E-state index is 13.4. The number of hydrogen-bond donors (Lipinski definition) is 3. The Morgan fingerprint density at radius 1 is 1.12 bits per heavy atom. The van der Waals surface area contributed by atoms with E-state index >= 15 is 0 Å². The van der Waals surface area contributed by atoms with Crippen molar-refractivity contribution in [3.8, 4) is 0 Å². The number of nitrogens with one attached hydrogen (secondary N) is 1. The summed E-state index contributed by atoms with van der Waals surface area (Å²) in [5.74, 6) is -0.483. The molecular weight excluding hydrogens is 418 g/mol. The summed E-state index contributed by atoms with van der Waals surface area (Å²) >= 11 is 0. The number of para-hydroxylation sites is 2. The van der Waals surface area contributed by atoms with Crippen molar-refractivity contribution in [2.75, 3.05) is 6.61 Å². The number of carbonyl (C=O) groups is 1. The molecule has 1 amide bonds. The number of aliphatic hydroxyl groups excluding tert-OH is 1. The molecule has 7 nitrogen and oxygen atoms in total. The first-order valence-electron chi connectivity index (χ1n) is 14.6. The molecule has 5 aromatic rings. The van der Waals surface area contributed by atoms with Gasteiger partial charge in [0, 0.05) is 34.5 Å². The van der Waals surface area contributed by atoms with Crippen LogP contribution in [0.25, 0.3) is 43.6 Å². The third-order valence-electron chi connectivity index (χ3n) is 7.69. The Kier molecular flexibility index (Phi) is 1.99. The van der Waals surface area contributed by atoms with Crippen molar-refractivity contribution in [3.05, 3.63) is 59.5 Å². The SMILES string of the molecule is [2H]c1c([2H])c([2H])c2c(c1[2H])c1c3c(c4c5c([2H])c([2H])c([2H])c([2H])c5n5c4c1n2C1CC(O)(CO)C5(C)O1)CNC3=O. The molecule has 3 aliphatic heterocycles. The molecule has 3 N–H and O–H groups in total. The van der Waals surface area contributed by atoms with Gasteiger partial charge in [-0.3, -0.25) is 4.79 Å². The molecule has 0 aliphatic carbocycles. The van der Waals surface area contributed by atoms with Crippen molar-refractivity contribution in [2.45, 2.75) is 37.4 Å². The Morgan fingerprint density at radius 2 is 1.82 bits per heavy atom. The zero-order chi connectivity index (χ0) is 29.2. The lowest BCUT2D eigenvalue weighted by Crippen LogP contribution is -2.53. The number of benzene rings is 3. The zero-order valence-electron chi connectivity index (χ0n) is 25.3. The van der Waals surface area contributed by atoms with E-state index in [2.05, 4.69) is 5.32 Å². The van der Waals surface area contributed by atoms with E-state index in [1.165, 1.54) is 16.1 Å². The van der Waals surface area contributed by atoms with Gasteiger partial charge in [0.25, 0.3) is 5.91 Å². The molecule has 7 heteroatoms. The van der Waals surface area contributed by atoms with Gasteiger partial charge in [-0.05, 0) is 24.6 Å². The first-order valence-corrected chi connectivity index (χ1v) is 10.6. The molecule has 3 unspecified atom stereocenters. The van der Waals surface area contributed by atoms with E-state index in [-0.39, 0.29) is 69.4 Å². The van der Waals surface area contributed by atoms with E-state index in [0.29, 0.717) is 16.5 Å². The summed E-state index contributed by atoms with van der Waals surface area (Å²) in [4.78, 5) is 13.4. The standard InChI is InChI=1S/C26H21N3O4/c1-25-26(32,12-30)10-18(33-25)28-16-8-4-2-6-13(16)20-21-15(11-27-24(21)31)19-14-7-3-5-9-17(14)29(25)23(19)22(20)28/h2-9,18,30,32H,10-12H2,1H3,(H,27,31)/i2D,3D,4D,5D,6D,7D,8D,9D. The zero-order valence-corrected chi connectivity index (χ0v) is 17.3. The van der Waals surface area contributed by atoms with Crippen LogP contribution in [-0.2, 0) is 17.0 Å². The van der Waals surface area contributed by atoms with Crippen molar-refractivity contribution >= 4 is 49.5 Å². The Morgan fingerprint density at radius 3 is 2.58 bits per heavy atom. The van der Waals surface area contributed by atoms with Crippen molar-refractivity contribution in [1.82, 2.24) is 14.5 Å². The number of carbonyl (C=O) groups excluding carboxylic acids is 1. The topological polar surface area (TPSA) is 88.7 Å². The smallest absolute Gasteiger partial charge is 0.252 e. The van der Waals surface area contributed by atoms with Crippen LogP contribution in [0.4, 0.5) is 0 Å². The van der Waals surface area contributed by atoms with Gasteiger partial charge < -0.3 is 29.4 Å². The number of ether oxygens (including phenoxy) is 1. The molecule has 164 valence electrons. The van der Waals surface area contributed by atoms with E-state index < -0.39 is 60.3 Å². The maximum Gasteiger partial charge on any atom is 0.252 e. The molecule has 5 heterocycles. The average Bonchev–Trinajstić information content (AvgIpc) is 3.65. The van der Waals surface area contributed by atoms with Gasteiger partial charge in [-0.25, -0.2) is 0 Å². The van der Waals surface area contributed by atoms with Gasteiger partial charge in [-0.15, -0.1) is 0 Å². The molecule has 2 aromatic heterocycles. The van der Waals surface area contributed by atoms with Crippen LogP contribution >= 0.6 is 0 Å². The molecule has 0 saturated carbocycles. The van der Waals surface area contributed by atoms with E-state index in [4.69, 9.17) is 15.7 Å². The van der Waals surface area contributed by atoms with Crippen molar-refractivity contribution in [3.63, 3.8) is 0 Å². The van der Waals surface area contributed by atoms with Crippen molar-refractivity contribution in [1.29, 1.82) is 0 Å². The Balaban J connectivity index is 1.83. The number of hydrogen-bond acceptors (Lipinski definition) is 4. The second-order valence-electron chi connectivity index (χ2n) is 9.09. The molecule has 0 radical (unpaired) electrons. The van der Waals surface area contributed by atoms with Gasteiger partial charge in [-0.2, -0.15) is 0 Å². The van der Waals surface area contributed by atoms with Gasteiger partial charge >= 0.3 is 0 Å². The fraction of sp³-hybridized carbons (Fsp3) is 0.269. The average molecular weight is 448 g/mol. The monoisotopic (exact) mass is 447 g/mol. The minimum absolute atomic E-state index is 0.00567. The fourth-order valence-electron chi connectivity index (χ4n) is 6.19. The van der Waals surface area contributed by atoms with E-state index in [9.17, 15) is 15.0 Å². The second-order valence-corrected chi connectivity index (χ2v) is 9.09. The van der Waals surface area contributed by atoms with Crippen LogP contribution in [0, 0.1) is 0 Å². The van der Waals surface area contributed by atoms with E-state index in [0.717, 1.165) is 0 Å². The van der Waals surface area contributed by atoms with E-state index in [1.807, 2.05) is 0 Å². The highest BCUT2D eigenvalue weighted by Gasteiger charge is 2.60. The Hall–Kier alpha value is -3.39. The summed E-state index contributed by atoms with van der Waals surface area (Å²) in [6.45, 7) is 0.759. The molecular formula is C26H21N3O4. The van der Waals surface area contributed by atoms with Crippen LogP contribution in [0.3, 0.4) is 0 Å². The number of aliphatic hydroxyl groups is 2.